The normalized spacial score (nSPS) is 12.4. The second kappa shape index (κ2) is 10.9. The maximum absolute atomic E-state index is 12.5. The van der Waals surface area contributed by atoms with Gasteiger partial charge in [0, 0.05) is 25.5 Å². The van der Waals surface area contributed by atoms with E-state index in [0.717, 1.165) is 0 Å². The van der Waals surface area contributed by atoms with Crippen molar-refractivity contribution in [2.75, 3.05) is 19.8 Å². The van der Waals surface area contributed by atoms with E-state index < -0.39 is 18.1 Å². The third-order valence-electron chi connectivity index (χ3n) is 4.36. The Kier molecular flexibility index (Phi) is 8.62. The number of hydrogen-bond donors (Lipinski definition) is 2. The number of alkyl carbamates (subject to hydrolysis) is 1. The average molecular weight is 434 g/mol. The summed E-state index contributed by atoms with van der Waals surface area (Å²) in [6.45, 7) is 7.86. The predicted octanol–water partition coefficient (Wildman–Crippen LogP) is 2.96. The van der Waals surface area contributed by atoms with E-state index in [1.165, 1.54) is 6.07 Å². The number of hydrogen-bond acceptors (Lipinski definition) is 7. The van der Waals surface area contributed by atoms with Gasteiger partial charge in [0.05, 0.1) is 18.6 Å². The molecule has 8 heteroatoms. The van der Waals surface area contributed by atoms with E-state index in [2.05, 4.69) is 5.32 Å². The van der Waals surface area contributed by atoms with Crippen LogP contribution < -0.4 is 10.7 Å². The number of aliphatic hydroxyl groups excluding tert-OH is 1. The minimum absolute atomic E-state index is 0.0150. The first-order valence-corrected chi connectivity index (χ1v) is 10.4. The van der Waals surface area contributed by atoms with Crippen molar-refractivity contribution < 1.29 is 28.6 Å². The fourth-order valence-corrected chi connectivity index (χ4v) is 2.89. The molecule has 0 aliphatic heterocycles. The Bertz CT molecular complexity index is 959. The monoisotopic (exact) mass is 433 g/mol. The van der Waals surface area contributed by atoms with Crippen LogP contribution in [0, 0.1) is 5.41 Å². The molecule has 170 valence electrons. The van der Waals surface area contributed by atoms with Gasteiger partial charge < -0.3 is 24.3 Å². The molecule has 1 amide bonds. The molecular formula is C23H31NO7. The molecule has 2 rings (SSSR count). The smallest absolute Gasteiger partial charge is 0.407 e. The number of fused-ring (bicyclic) bond motifs is 1. The number of carbonyl (C=O) groups excluding carboxylic acids is 2. The molecular weight excluding hydrogens is 402 g/mol. The van der Waals surface area contributed by atoms with Crippen LogP contribution in [0.15, 0.2) is 33.5 Å². The molecule has 0 aliphatic carbocycles. The Morgan fingerprint density at radius 1 is 1.19 bits per heavy atom. The molecule has 0 saturated carbocycles. The highest BCUT2D eigenvalue weighted by Gasteiger charge is 2.24. The minimum Gasteiger partial charge on any atom is -0.464 e. The van der Waals surface area contributed by atoms with Crippen LogP contribution in [0.4, 0.5) is 4.79 Å². The Labute approximate surface area is 181 Å². The van der Waals surface area contributed by atoms with Crippen molar-refractivity contribution in [2.24, 2.45) is 5.41 Å². The second-order valence-corrected chi connectivity index (χ2v) is 8.52. The number of rotatable bonds is 9. The van der Waals surface area contributed by atoms with Gasteiger partial charge in [0.2, 0.25) is 0 Å². The Morgan fingerprint density at radius 2 is 1.94 bits per heavy atom. The molecule has 0 bridgehead atoms. The lowest BCUT2D eigenvalue weighted by molar-refractivity contribution is -0.145. The lowest BCUT2D eigenvalue weighted by Gasteiger charge is -2.21. The van der Waals surface area contributed by atoms with E-state index in [9.17, 15) is 14.4 Å². The van der Waals surface area contributed by atoms with E-state index in [1.807, 2.05) is 20.8 Å². The van der Waals surface area contributed by atoms with Gasteiger partial charge in [-0.25, -0.2) is 9.59 Å². The Morgan fingerprint density at radius 3 is 2.58 bits per heavy atom. The molecule has 31 heavy (non-hydrogen) atoms. The van der Waals surface area contributed by atoms with E-state index in [4.69, 9.17) is 19.0 Å². The lowest BCUT2D eigenvalue weighted by atomic mass is 9.99. The van der Waals surface area contributed by atoms with Crippen molar-refractivity contribution in [1.29, 1.82) is 0 Å². The van der Waals surface area contributed by atoms with Crippen LogP contribution in [0.5, 0.6) is 0 Å². The van der Waals surface area contributed by atoms with Crippen LogP contribution in [-0.2, 0) is 27.1 Å². The predicted molar refractivity (Wildman–Crippen MR) is 116 cm³/mol. The summed E-state index contributed by atoms with van der Waals surface area (Å²) in [6, 6.07) is 5.49. The van der Waals surface area contributed by atoms with Crippen molar-refractivity contribution >= 4 is 23.0 Å². The van der Waals surface area contributed by atoms with Crippen LogP contribution in [0.25, 0.3) is 11.0 Å². The van der Waals surface area contributed by atoms with Gasteiger partial charge in [0.1, 0.15) is 17.4 Å². The maximum atomic E-state index is 12.5. The minimum atomic E-state index is -0.958. The summed E-state index contributed by atoms with van der Waals surface area (Å²) >= 11 is 0. The van der Waals surface area contributed by atoms with Gasteiger partial charge in [-0.3, -0.25) is 4.79 Å². The van der Waals surface area contributed by atoms with E-state index >= 15 is 0 Å². The SMILES string of the molecule is CCOC(=O)[C@H](Cc1ccc2oc(CCCO)cc(=O)c2c1)NC(=O)OCC(C)(C)C. The molecule has 0 fully saturated rings. The van der Waals surface area contributed by atoms with Crippen molar-refractivity contribution in [2.45, 2.75) is 53.0 Å². The van der Waals surface area contributed by atoms with Crippen molar-refractivity contribution in [3.63, 3.8) is 0 Å². The lowest BCUT2D eigenvalue weighted by Crippen LogP contribution is -2.44. The van der Waals surface area contributed by atoms with Gasteiger partial charge in [0.25, 0.3) is 0 Å². The molecule has 8 nitrogen and oxygen atoms in total. The third-order valence-corrected chi connectivity index (χ3v) is 4.36. The number of aryl methyl sites for hydroxylation is 1. The average Bonchev–Trinajstić information content (AvgIpc) is 2.70. The number of benzene rings is 1. The molecule has 1 atom stereocenters. The number of amides is 1. The fraction of sp³-hybridized carbons (Fsp3) is 0.522. The molecule has 1 heterocycles. The largest absolute Gasteiger partial charge is 0.464 e. The molecule has 0 radical (unpaired) electrons. The number of carbonyl (C=O) groups is 2. The standard InChI is InChI=1S/C23H31NO7/c1-5-29-21(27)18(24-22(28)30-14-23(2,3)4)12-15-8-9-20-17(11-15)19(26)13-16(31-20)7-6-10-25/h8-9,11,13,18,25H,5-7,10,12,14H2,1-4H3,(H,24,28)/t18-/m0/s1. The summed E-state index contributed by atoms with van der Waals surface area (Å²) in [5, 5.41) is 11.9. The zero-order chi connectivity index (χ0) is 23.0. The van der Waals surface area contributed by atoms with Crippen molar-refractivity contribution in [3.05, 3.63) is 45.8 Å². The van der Waals surface area contributed by atoms with Gasteiger partial charge in [0.15, 0.2) is 5.43 Å². The van der Waals surface area contributed by atoms with Crippen LogP contribution in [0.3, 0.4) is 0 Å². The van der Waals surface area contributed by atoms with E-state index in [0.29, 0.717) is 35.1 Å². The maximum Gasteiger partial charge on any atom is 0.407 e. The Hall–Kier alpha value is -2.87. The van der Waals surface area contributed by atoms with Gasteiger partial charge in [-0.2, -0.15) is 0 Å². The number of nitrogens with one attached hydrogen (secondary N) is 1. The zero-order valence-corrected chi connectivity index (χ0v) is 18.5. The number of esters is 1. The molecule has 0 unspecified atom stereocenters. The Balaban J connectivity index is 2.20. The topological polar surface area (TPSA) is 115 Å². The molecule has 0 aliphatic rings. The molecule has 1 aromatic carbocycles. The number of aliphatic hydroxyl groups is 1. The summed E-state index contributed by atoms with van der Waals surface area (Å²) in [5.41, 5.74) is 0.673. The number of ether oxygens (including phenoxy) is 2. The summed E-state index contributed by atoms with van der Waals surface area (Å²) in [7, 11) is 0. The molecule has 2 N–H and O–H groups in total. The van der Waals surface area contributed by atoms with Crippen LogP contribution in [0.2, 0.25) is 0 Å². The highest BCUT2D eigenvalue weighted by atomic mass is 16.6. The van der Waals surface area contributed by atoms with Crippen LogP contribution in [0.1, 0.15) is 45.4 Å². The highest BCUT2D eigenvalue weighted by molar-refractivity contribution is 5.82. The third kappa shape index (κ3) is 7.71. The first kappa shape index (κ1) is 24.4. The molecule has 2 aromatic rings. The highest BCUT2D eigenvalue weighted by Crippen LogP contribution is 2.17. The summed E-state index contributed by atoms with van der Waals surface area (Å²) in [6.07, 6.45) is 0.395. The fourth-order valence-electron chi connectivity index (χ4n) is 2.89. The van der Waals surface area contributed by atoms with Gasteiger partial charge in [-0.1, -0.05) is 26.8 Å². The van der Waals surface area contributed by atoms with Crippen LogP contribution >= 0.6 is 0 Å². The summed E-state index contributed by atoms with van der Waals surface area (Å²) in [5.74, 6) is -0.0753. The first-order valence-electron chi connectivity index (χ1n) is 10.4. The molecule has 0 spiro atoms. The summed E-state index contributed by atoms with van der Waals surface area (Å²) in [4.78, 5) is 37.0. The van der Waals surface area contributed by atoms with Crippen molar-refractivity contribution in [3.8, 4) is 0 Å². The van der Waals surface area contributed by atoms with Crippen molar-refractivity contribution in [1.82, 2.24) is 5.32 Å². The van der Waals surface area contributed by atoms with E-state index in [1.54, 1.807) is 25.1 Å². The van der Waals surface area contributed by atoms with Gasteiger partial charge in [-0.05, 0) is 36.5 Å². The van der Waals surface area contributed by atoms with Gasteiger partial charge >= 0.3 is 12.1 Å². The summed E-state index contributed by atoms with van der Waals surface area (Å²) < 4.78 is 16.0. The quantitative estimate of drug-likeness (QED) is 0.584. The zero-order valence-electron chi connectivity index (χ0n) is 18.5. The van der Waals surface area contributed by atoms with Crippen LogP contribution in [-0.4, -0.2) is 43.0 Å². The molecule has 1 aromatic heterocycles. The van der Waals surface area contributed by atoms with E-state index in [-0.39, 0.29) is 37.1 Å². The van der Waals surface area contributed by atoms with Gasteiger partial charge in [-0.15, -0.1) is 0 Å². The second-order valence-electron chi connectivity index (χ2n) is 8.52. The first-order chi connectivity index (χ1) is 14.6. The molecule has 0 saturated heterocycles.